The van der Waals surface area contributed by atoms with Gasteiger partial charge in [0.1, 0.15) is 5.75 Å². The standard InChI is InChI=1S/C21H18N4O5/c1-30-16-9-7-15(8-10-16)22-23-20(13-5-3-2-4-6-13)24-25-21(29)14-11-17(26)19(28)18(27)12-14/h2-12,26-28H,1H3,(H,25,29)/b23-22?,24-20+. The summed E-state index contributed by atoms with van der Waals surface area (Å²) in [5, 5.41) is 40.8. The van der Waals surface area contributed by atoms with Crippen molar-refractivity contribution in [2.45, 2.75) is 0 Å². The second-order valence-corrected chi connectivity index (χ2v) is 6.00. The fraction of sp³-hybridized carbons (Fsp3) is 0.0476. The van der Waals surface area contributed by atoms with Gasteiger partial charge in [-0.2, -0.15) is 0 Å². The van der Waals surface area contributed by atoms with Crippen molar-refractivity contribution < 1.29 is 24.9 Å². The molecule has 4 N–H and O–H groups in total. The summed E-state index contributed by atoms with van der Waals surface area (Å²) in [5.74, 6) is -1.90. The minimum atomic E-state index is -0.728. The monoisotopic (exact) mass is 406 g/mol. The summed E-state index contributed by atoms with van der Waals surface area (Å²) in [7, 11) is 1.56. The van der Waals surface area contributed by atoms with Crippen molar-refractivity contribution >= 4 is 17.4 Å². The lowest BCUT2D eigenvalue weighted by Gasteiger charge is -2.06. The number of benzene rings is 3. The topological polar surface area (TPSA) is 136 Å². The molecule has 0 aliphatic heterocycles. The number of phenolic OH excluding ortho intramolecular Hbond substituents is 3. The summed E-state index contributed by atoms with van der Waals surface area (Å²) in [6.07, 6.45) is 0. The number of nitrogens with zero attached hydrogens (tertiary/aromatic N) is 3. The van der Waals surface area contributed by atoms with E-state index in [0.717, 1.165) is 12.1 Å². The SMILES string of the molecule is COc1ccc(N=N/C(=N/NC(=O)c2cc(O)c(O)c(O)c2)c2ccccc2)cc1. The van der Waals surface area contributed by atoms with E-state index in [9.17, 15) is 20.1 Å². The number of azo groups is 1. The number of nitrogens with one attached hydrogen (secondary N) is 1. The van der Waals surface area contributed by atoms with Crippen LogP contribution in [-0.4, -0.2) is 34.2 Å². The number of rotatable bonds is 5. The highest BCUT2D eigenvalue weighted by atomic mass is 16.5. The number of hydrazone groups is 1. The first kappa shape index (κ1) is 20.3. The van der Waals surface area contributed by atoms with E-state index >= 15 is 0 Å². The zero-order valence-corrected chi connectivity index (χ0v) is 15.9. The Balaban J connectivity index is 1.85. The lowest BCUT2D eigenvalue weighted by molar-refractivity contribution is 0.0954. The molecule has 0 spiro atoms. The molecule has 0 saturated heterocycles. The Bertz CT molecular complexity index is 1070. The van der Waals surface area contributed by atoms with Crippen molar-refractivity contribution in [3.63, 3.8) is 0 Å². The summed E-state index contributed by atoms with van der Waals surface area (Å²) >= 11 is 0. The molecule has 0 saturated carbocycles. The molecular weight excluding hydrogens is 388 g/mol. The van der Waals surface area contributed by atoms with Crippen LogP contribution in [0.4, 0.5) is 5.69 Å². The Hall–Kier alpha value is -4.40. The minimum absolute atomic E-state index is 0.106. The van der Waals surface area contributed by atoms with Crippen LogP contribution in [0.15, 0.2) is 82.1 Å². The summed E-state index contributed by atoms with van der Waals surface area (Å²) in [6.45, 7) is 0. The van der Waals surface area contributed by atoms with Gasteiger partial charge in [-0.15, -0.1) is 15.3 Å². The van der Waals surface area contributed by atoms with Gasteiger partial charge in [0.2, 0.25) is 5.84 Å². The number of amidine groups is 1. The Morgan fingerprint density at radius 3 is 2.13 bits per heavy atom. The maximum atomic E-state index is 12.3. The molecule has 1 amide bonds. The molecule has 0 atom stereocenters. The van der Waals surface area contributed by atoms with Crippen molar-refractivity contribution in [3.8, 4) is 23.0 Å². The first-order chi connectivity index (χ1) is 14.5. The molecule has 0 heterocycles. The number of carbonyl (C=O) groups excluding carboxylic acids is 1. The smallest absolute Gasteiger partial charge is 0.271 e. The predicted octanol–water partition coefficient (Wildman–Crippen LogP) is 3.69. The maximum Gasteiger partial charge on any atom is 0.271 e. The number of hydrogen-bond acceptors (Lipinski definition) is 7. The number of amides is 1. The average Bonchev–Trinajstić information content (AvgIpc) is 2.78. The molecule has 9 nitrogen and oxygen atoms in total. The van der Waals surface area contributed by atoms with Crippen LogP contribution in [0.25, 0.3) is 0 Å². The fourth-order valence-corrected chi connectivity index (χ4v) is 2.39. The molecule has 0 unspecified atom stereocenters. The highest BCUT2D eigenvalue weighted by Crippen LogP contribution is 2.35. The van der Waals surface area contributed by atoms with Crippen LogP contribution in [0.5, 0.6) is 23.0 Å². The number of ether oxygens (including phenoxy) is 1. The summed E-state index contributed by atoms with van der Waals surface area (Å²) in [5.41, 5.74) is 3.35. The number of hydrogen-bond donors (Lipinski definition) is 4. The molecule has 9 heteroatoms. The van der Waals surface area contributed by atoms with Crippen molar-refractivity contribution in [1.29, 1.82) is 0 Å². The van der Waals surface area contributed by atoms with Crippen LogP contribution < -0.4 is 10.2 Å². The zero-order chi connectivity index (χ0) is 21.5. The molecule has 0 radical (unpaired) electrons. The van der Waals surface area contributed by atoms with E-state index in [4.69, 9.17) is 4.74 Å². The second-order valence-electron chi connectivity index (χ2n) is 6.00. The Morgan fingerprint density at radius 1 is 0.900 bits per heavy atom. The average molecular weight is 406 g/mol. The first-order valence-corrected chi connectivity index (χ1v) is 8.72. The highest BCUT2D eigenvalue weighted by molar-refractivity contribution is 6.01. The lowest BCUT2D eigenvalue weighted by atomic mass is 10.2. The van der Waals surface area contributed by atoms with Crippen molar-refractivity contribution in [2.24, 2.45) is 15.3 Å². The number of phenols is 3. The van der Waals surface area contributed by atoms with E-state index in [1.807, 2.05) is 6.07 Å². The van der Waals surface area contributed by atoms with Gasteiger partial charge < -0.3 is 20.1 Å². The van der Waals surface area contributed by atoms with E-state index in [1.165, 1.54) is 0 Å². The van der Waals surface area contributed by atoms with Crippen molar-refractivity contribution in [3.05, 3.63) is 77.9 Å². The molecule has 3 aromatic rings. The highest BCUT2D eigenvalue weighted by Gasteiger charge is 2.13. The molecule has 3 aromatic carbocycles. The largest absolute Gasteiger partial charge is 0.504 e. The van der Waals surface area contributed by atoms with Gasteiger partial charge in [0.15, 0.2) is 17.2 Å². The van der Waals surface area contributed by atoms with Crippen LogP contribution in [0.2, 0.25) is 0 Å². The first-order valence-electron chi connectivity index (χ1n) is 8.72. The Labute approximate surface area is 171 Å². The van der Waals surface area contributed by atoms with Gasteiger partial charge in [-0.3, -0.25) is 4.79 Å². The molecule has 3 rings (SSSR count). The third-order valence-electron chi connectivity index (χ3n) is 3.96. The molecule has 0 aliphatic rings. The van der Waals surface area contributed by atoms with Gasteiger partial charge in [-0.05, 0) is 36.4 Å². The maximum absolute atomic E-state index is 12.3. The van der Waals surface area contributed by atoms with E-state index in [0.29, 0.717) is 17.0 Å². The Morgan fingerprint density at radius 2 is 1.53 bits per heavy atom. The summed E-state index contributed by atoms with van der Waals surface area (Å²) in [6, 6.07) is 17.8. The van der Waals surface area contributed by atoms with Crippen LogP contribution in [0.3, 0.4) is 0 Å². The molecule has 152 valence electrons. The number of methoxy groups -OCH3 is 1. The second kappa shape index (κ2) is 9.20. The quantitative estimate of drug-likeness (QED) is 0.168. The molecular formula is C21H18N4O5. The van der Waals surface area contributed by atoms with Gasteiger partial charge in [-0.1, -0.05) is 30.3 Å². The summed E-state index contributed by atoms with van der Waals surface area (Å²) in [4.78, 5) is 12.3. The van der Waals surface area contributed by atoms with Crippen LogP contribution in [0, 0.1) is 0 Å². The minimum Gasteiger partial charge on any atom is -0.504 e. The van der Waals surface area contributed by atoms with E-state index < -0.39 is 23.2 Å². The molecule has 0 aliphatic carbocycles. The van der Waals surface area contributed by atoms with Crippen molar-refractivity contribution in [1.82, 2.24) is 5.43 Å². The van der Waals surface area contributed by atoms with Gasteiger partial charge in [0.05, 0.1) is 12.8 Å². The molecule has 0 bridgehead atoms. The van der Waals surface area contributed by atoms with E-state index in [1.54, 1.807) is 55.6 Å². The van der Waals surface area contributed by atoms with E-state index in [2.05, 4.69) is 20.8 Å². The molecule has 30 heavy (non-hydrogen) atoms. The summed E-state index contributed by atoms with van der Waals surface area (Å²) < 4.78 is 5.10. The van der Waals surface area contributed by atoms with Crippen LogP contribution in [0.1, 0.15) is 15.9 Å². The third kappa shape index (κ3) is 4.90. The van der Waals surface area contributed by atoms with Crippen LogP contribution in [-0.2, 0) is 0 Å². The number of carbonyl (C=O) groups is 1. The van der Waals surface area contributed by atoms with Crippen LogP contribution >= 0.6 is 0 Å². The molecule has 0 fully saturated rings. The molecule has 0 aromatic heterocycles. The lowest BCUT2D eigenvalue weighted by Crippen LogP contribution is -2.19. The van der Waals surface area contributed by atoms with Gasteiger partial charge >= 0.3 is 0 Å². The van der Waals surface area contributed by atoms with E-state index in [-0.39, 0.29) is 11.4 Å². The fourth-order valence-electron chi connectivity index (χ4n) is 2.39. The van der Waals surface area contributed by atoms with Crippen molar-refractivity contribution in [2.75, 3.05) is 7.11 Å². The normalized spacial score (nSPS) is 11.4. The van der Waals surface area contributed by atoms with Gasteiger partial charge in [0, 0.05) is 11.1 Å². The van der Waals surface area contributed by atoms with Gasteiger partial charge in [0.25, 0.3) is 5.91 Å². The zero-order valence-electron chi connectivity index (χ0n) is 15.9. The number of aromatic hydroxyl groups is 3. The third-order valence-corrected chi connectivity index (χ3v) is 3.96. The van der Waals surface area contributed by atoms with Gasteiger partial charge in [-0.25, -0.2) is 5.43 Å². The Kier molecular flexibility index (Phi) is 6.23. The predicted molar refractivity (Wildman–Crippen MR) is 109 cm³/mol.